The molecule has 0 aliphatic carbocycles. The Kier molecular flexibility index (Phi) is 7.78. The fourth-order valence-electron chi connectivity index (χ4n) is 9.93. The maximum atomic E-state index is 2.45. The van der Waals surface area contributed by atoms with E-state index in [0.29, 0.717) is 0 Å². The predicted octanol–water partition coefficient (Wildman–Crippen LogP) is 16.5. The van der Waals surface area contributed by atoms with Crippen LogP contribution >= 0.6 is 11.3 Å². The van der Waals surface area contributed by atoms with E-state index in [0.717, 1.165) is 28.4 Å². The molecule has 0 bridgehead atoms. The van der Waals surface area contributed by atoms with E-state index in [9.17, 15) is 0 Å². The number of benzene rings is 10. The SMILES string of the molecule is c1ccc(-n2c3ccccc3c3ccc(N(c4ccc(-c5ccc(-n6c7ccccc7c7ccc8ccccc8c76)cc5)cc4)c4cccc5sc6ccccc6c45)cc32)cc1. The number of hydrogen-bond donors (Lipinski definition) is 0. The molecular formula is C58H37N3S. The summed E-state index contributed by atoms with van der Waals surface area (Å²) in [5, 5.41) is 10.1. The molecule has 0 spiro atoms. The van der Waals surface area contributed by atoms with Crippen molar-refractivity contribution in [3.63, 3.8) is 0 Å². The van der Waals surface area contributed by atoms with Crippen LogP contribution in [-0.2, 0) is 0 Å². The molecule has 0 saturated carbocycles. The van der Waals surface area contributed by atoms with E-state index in [1.165, 1.54) is 85.7 Å². The summed E-state index contributed by atoms with van der Waals surface area (Å²) in [4.78, 5) is 2.45. The van der Waals surface area contributed by atoms with Crippen molar-refractivity contribution >= 4 is 103 Å². The second-order valence-electron chi connectivity index (χ2n) is 16.1. The van der Waals surface area contributed by atoms with Gasteiger partial charge in [-0.1, -0.05) is 146 Å². The Balaban J connectivity index is 0.957. The van der Waals surface area contributed by atoms with Crippen molar-refractivity contribution < 1.29 is 0 Å². The number of nitrogens with zero attached hydrogens (tertiary/aromatic N) is 3. The van der Waals surface area contributed by atoms with Gasteiger partial charge in [-0.2, -0.15) is 0 Å². The van der Waals surface area contributed by atoms with Crippen LogP contribution in [0.4, 0.5) is 17.1 Å². The van der Waals surface area contributed by atoms with Gasteiger partial charge in [0.05, 0.1) is 27.8 Å². The first-order chi connectivity index (χ1) is 30.8. The zero-order chi connectivity index (χ0) is 40.7. The molecule has 13 aromatic rings. The summed E-state index contributed by atoms with van der Waals surface area (Å²) in [5.41, 5.74) is 12.9. The second-order valence-corrected chi connectivity index (χ2v) is 17.2. The molecule has 3 nitrogen and oxygen atoms in total. The molecule has 13 rings (SSSR count). The molecule has 3 aromatic heterocycles. The molecule has 3 heterocycles. The van der Waals surface area contributed by atoms with Crippen molar-refractivity contribution in [3.05, 3.63) is 224 Å². The molecule has 0 unspecified atom stereocenters. The van der Waals surface area contributed by atoms with Crippen molar-refractivity contribution in [2.45, 2.75) is 0 Å². The molecule has 0 N–H and O–H groups in total. The first kappa shape index (κ1) is 34.9. The van der Waals surface area contributed by atoms with Crippen LogP contribution in [0.15, 0.2) is 224 Å². The summed E-state index contributed by atoms with van der Waals surface area (Å²) < 4.78 is 7.41. The minimum Gasteiger partial charge on any atom is -0.310 e. The molecule has 0 atom stereocenters. The van der Waals surface area contributed by atoms with Crippen molar-refractivity contribution in [1.29, 1.82) is 0 Å². The van der Waals surface area contributed by atoms with Crippen LogP contribution in [0.1, 0.15) is 0 Å². The minimum absolute atomic E-state index is 1.10. The number of aromatic nitrogens is 2. The number of hydrogen-bond acceptors (Lipinski definition) is 2. The number of fused-ring (bicyclic) bond motifs is 11. The maximum absolute atomic E-state index is 2.45. The Labute approximate surface area is 362 Å². The van der Waals surface area contributed by atoms with Gasteiger partial charge in [-0.3, -0.25) is 0 Å². The highest BCUT2D eigenvalue weighted by Gasteiger charge is 2.21. The average Bonchev–Trinajstić information content (AvgIpc) is 4.00. The van der Waals surface area contributed by atoms with Crippen LogP contribution in [0.2, 0.25) is 0 Å². The van der Waals surface area contributed by atoms with Gasteiger partial charge in [-0.15, -0.1) is 11.3 Å². The molecule has 0 radical (unpaired) electrons. The zero-order valence-electron chi connectivity index (χ0n) is 33.6. The van der Waals surface area contributed by atoms with E-state index < -0.39 is 0 Å². The fourth-order valence-corrected chi connectivity index (χ4v) is 11.1. The molecular weight excluding hydrogens is 771 g/mol. The van der Waals surface area contributed by atoms with E-state index in [-0.39, 0.29) is 0 Å². The summed E-state index contributed by atoms with van der Waals surface area (Å²) in [7, 11) is 0. The quantitative estimate of drug-likeness (QED) is 0.163. The molecule has 290 valence electrons. The van der Waals surface area contributed by atoms with Crippen molar-refractivity contribution in [3.8, 4) is 22.5 Å². The van der Waals surface area contributed by atoms with E-state index in [1.54, 1.807) is 0 Å². The summed E-state index contributed by atoms with van der Waals surface area (Å²) in [6, 6.07) is 82.2. The third kappa shape index (κ3) is 5.30. The third-order valence-electron chi connectivity index (χ3n) is 12.7. The summed E-state index contributed by atoms with van der Waals surface area (Å²) in [6.07, 6.45) is 0. The Morgan fingerprint density at radius 1 is 0.339 bits per heavy atom. The molecule has 4 heteroatoms. The Bertz CT molecular complexity index is 3850. The lowest BCUT2D eigenvalue weighted by atomic mass is 10.0. The molecule has 10 aromatic carbocycles. The van der Waals surface area contributed by atoms with Crippen molar-refractivity contribution in [2.75, 3.05) is 4.90 Å². The number of anilines is 3. The average molecular weight is 808 g/mol. The van der Waals surface area contributed by atoms with E-state index in [1.807, 2.05) is 11.3 Å². The van der Waals surface area contributed by atoms with Crippen LogP contribution in [0, 0.1) is 0 Å². The molecule has 0 amide bonds. The summed E-state index contributed by atoms with van der Waals surface area (Å²) in [5.74, 6) is 0. The van der Waals surface area contributed by atoms with Gasteiger partial charge in [0, 0.05) is 69.9 Å². The van der Waals surface area contributed by atoms with Gasteiger partial charge >= 0.3 is 0 Å². The molecule has 62 heavy (non-hydrogen) atoms. The van der Waals surface area contributed by atoms with Gasteiger partial charge in [-0.25, -0.2) is 0 Å². The van der Waals surface area contributed by atoms with Crippen molar-refractivity contribution in [2.24, 2.45) is 0 Å². The third-order valence-corrected chi connectivity index (χ3v) is 13.8. The van der Waals surface area contributed by atoms with Crippen LogP contribution in [0.25, 0.3) is 97.1 Å². The highest BCUT2D eigenvalue weighted by atomic mass is 32.1. The largest absolute Gasteiger partial charge is 0.310 e. The molecule has 0 aliphatic rings. The zero-order valence-corrected chi connectivity index (χ0v) is 34.4. The first-order valence-electron chi connectivity index (χ1n) is 21.2. The summed E-state index contributed by atoms with van der Waals surface area (Å²) >= 11 is 1.86. The lowest BCUT2D eigenvalue weighted by Gasteiger charge is -2.27. The Hall–Kier alpha value is -7.92. The van der Waals surface area contributed by atoms with E-state index >= 15 is 0 Å². The highest BCUT2D eigenvalue weighted by Crippen LogP contribution is 2.46. The van der Waals surface area contributed by atoms with Crippen LogP contribution < -0.4 is 4.90 Å². The predicted molar refractivity (Wildman–Crippen MR) is 266 cm³/mol. The van der Waals surface area contributed by atoms with E-state index in [2.05, 4.69) is 238 Å². The number of para-hydroxylation sites is 3. The van der Waals surface area contributed by atoms with Crippen LogP contribution in [0.3, 0.4) is 0 Å². The molecule has 0 fully saturated rings. The minimum atomic E-state index is 1.10. The Morgan fingerprint density at radius 2 is 0.903 bits per heavy atom. The lowest BCUT2D eigenvalue weighted by molar-refractivity contribution is 1.18. The van der Waals surface area contributed by atoms with Gasteiger partial charge in [0.2, 0.25) is 0 Å². The standard InChI is InChI=1S/C58H37N3S/c1-2-14-41(15-3-1)60-51-20-9-6-17-46(51)48-36-34-44(37-54(48)60)59(53-22-12-24-56-57(53)50-19-8-11-23-55(50)62-56)42-30-25-38(26-31-42)39-27-32-43(33-28-39)61-52-21-10-7-18-47(52)49-35-29-40-13-4-5-16-45(40)58(49)61/h1-37H. The number of rotatable bonds is 6. The van der Waals surface area contributed by atoms with Gasteiger partial charge in [0.15, 0.2) is 0 Å². The normalized spacial score (nSPS) is 11.9. The number of thiophene rings is 1. The summed E-state index contributed by atoms with van der Waals surface area (Å²) in [6.45, 7) is 0. The first-order valence-corrected chi connectivity index (χ1v) is 22.0. The molecule has 0 aliphatic heterocycles. The highest BCUT2D eigenvalue weighted by molar-refractivity contribution is 7.26. The van der Waals surface area contributed by atoms with Crippen LogP contribution in [-0.4, -0.2) is 9.13 Å². The van der Waals surface area contributed by atoms with Gasteiger partial charge < -0.3 is 14.0 Å². The van der Waals surface area contributed by atoms with E-state index in [4.69, 9.17) is 0 Å². The monoisotopic (exact) mass is 807 g/mol. The topological polar surface area (TPSA) is 13.1 Å². The van der Waals surface area contributed by atoms with Crippen LogP contribution in [0.5, 0.6) is 0 Å². The van der Waals surface area contributed by atoms with Gasteiger partial charge in [0.25, 0.3) is 0 Å². The smallest absolute Gasteiger partial charge is 0.0619 e. The maximum Gasteiger partial charge on any atom is 0.0619 e. The molecule has 0 saturated heterocycles. The lowest BCUT2D eigenvalue weighted by Crippen LogP contribution is -2.10. The van der Waals surface area contributed by atoms with Gasteiger partial charge in [-0.05, 0) is 95.4 Å². The second kappa shape index (κ2) is 13.8. The fraction of sp³-hybridized carbons (Fsp3) is 0. The van der Waals surface area contributed by atoms with Crippen molar-refractivity contribution in [1.82, 2.24) is 9.13 Å². The Morgan fingerprint density at radius 3 is 1.69 bits per heavy atom. The van der Waals surface area contributed by atoms with Gasteiger partial charge in [0.1, 0.15) is 0 Å².